The molecule has 2 aromatic rings. The minimum atomic E-state index is 0.523. The number of nitrogens with zero attached hydrogens (tertiary/aromatic N) is 1. The summed E-state index contributed by atoms with van der Waals surface area (Å²) in [5, 5.41) is 4.43. The van der Waals surface area contributed by atoms with Gasteiger partial charge >= 0.3 is 0 Å². The molecule has 0 bridgehead atoms. The van der Waals surface area contributed by atoms with Gasteiger partial charge in [0.15, 0.2) is 11.5 Å². The zero-order chi connectivity index (χ0) is 15.1. The summed E-state index contributed by atoms with van der Waals surface area (Å²) in [5.41, 5.74) is 1.20. The van der Waals surface area contributed by atoms with E-state index in [0.29, 0.717) is 6.61 Å². The molecule has 1 aromatic carbocycles. The fourth-order valence-electron chi connectivity index (χ4n) is 1.97. The molecule has 0 aliphatic rings. The first kappa shape index (κ1) is 15.8. The van der Waals surface area contributed by atoms with Crippen LogP contribution < -0.4 is 14.8 Å². The lowest BCUT2D eigenvalue weighted by atomic mass is 10.2. The molecular weight excluding hydrogens is 284 g/mol. The fraction of sp³-hybridized carbons (Fsp3) is 0.438. The maximum Gasteiger partial charge on any atom is 0.161 e. The van der Waals surface area contributed by atoms with Crippen LogP contribution in [-0.2, 0) is 13.2 Å². The minimum Gasteiger partial charge on any atom is -0.493 e. The Labute approximate surface area is 130 Å². The molecule has 1 N–H and O–H groups in total. The zero-order valence-corrected chi connectivity index (χ0v) is 13.6. The van der Waals surface area contributed by atoms with Crippen molar-refractivity contribution in [2.24, 2.45) is 0 Å². The molecular formula is C16H22N2O2S. The van der Waals surface area contributed by atoms with Crippen LogP contribution in [0.4, 0.5) is 0 Å². The number of thiazole rings is 1. The SMILES string of the molecule is CCCNCc1ccc(OCc2cnc(C)s2)c(OC)c1. The molecule has 0 amide bonds. The van der Waals surface area contributed by atoms with E-state index in [4.69, 9.17) is 9.47 Å². The molecule has 5 heteroatoms. The smallest absolute Gasteiger partial charge is 0.161 e. The van der Waals surface area contributed by atoms with Gasteiger partial charge in [-0.15, -0.1) is 11.3 Å². The highest BCUT2D eigenvalue weighted by atomic mass is 32.1. The molecule has 0 saturated carbocycles. The molecule has 1 aromatic heterocycles. The van der Waals surface area contributed by atoms with E-state index in [2.05, 4.69) is 23.3 Å². The Kier molecular flexibility index (Phi) is 6.02. The number of ether oxygens (including phenoxy) is 2. The van der Waals surface area contributed by atoms with E-state index in [-0.39, 0.29) is 0 Å². The zero-order valence-electron chi connectivity index (χ0n) is 12.8. The Bertz CT molecular complexity index is 569. The number of methoxy groups -OCH3 is 1. The minimum absolute atomic E-state index is 0.523. The Morgan fingerprint density at radius 3 is 2.81 bits per heavy atom. The highest BCUT2D eigenvalue weighted by molar-refractivity contribution is 7.11. The molecule has 1 heterocycles. The summed E-state index contributed by atoms with van der Waals surface area (Å²) < 4.78 is 11.3. The van der Waals surface area contributed by atoms with Crippen LogP contribution in [0.15, 0.2) is 24.4 Å². The Balaban J connectivity index is 1.98. The van der Waals surface area contributed by atoms with Crippen molar-refractivity contribution in [3.63, 3.8) is 0 Å². The van der Waals surface area contributed by atoms with E-state index >= 15 is 0 Å². The van der Waals surface area contributed by atoms with Gasteiger partial charge in [-0.2, -0.15) is 0 Å². The highest BCUT2D eigenvalue weighted by Gasteiger charge is 2.07. The van der Waals surface area contributed by atoms with Crippen LogP contribution in [0.5, 0.6) is 11.5 Å². The second kappa shape index (κ2) is 8.00. The second-order valence-corrected chi connectivity index (χ2v) is 6.12. The molecule has 21 heavy (non-hydrogen) atoms. The van der Waals surface area contributed by atoms with E-state index < -0.39 is 0 Å². The molecule has 0 unspecified atom stereocenters. The van der Waals surface area contributed by atoms with Gasteiger partial charge in [-0.25, -0.2) is 4.98 Å². The van der Waals surface area contributed by atoms with Crippen molar-refractivity contribution in [3.05, 3.63) is 39.8 Å². The van der Waals surface area contributed by atoms with E-state index in [9.17, 15) is 0 Å². The number of aryl methyl sites for hydroxylation is 1. The first-order chi connectivity index (χ1) is 10.2. The Morgan fingerprint density at radius 2 is 2.14 bits per heavy atom. The Hall–Kier alpha value is -1.59. The summed E-state index contributed by atoms with van der Waals surface area (Å²) in [6.45, 7) is 6.54. The highest BCUT2D eigenvalue weighted by Crippen LogP contribution is 2.29. The largest absolute Gasteiger partial charge is 0.493 e. The van der Waals surface area contributed by atoms with Crippen molar-refractivity contribution in [2.45, 2.75) is 33.4 Å². The van der Waals surface area contributed by atoms with Gasteiger partial charge in [-0.3, -0.25) is 0 Å². The topological polar surface area (TPSA) is 43.4 Å². The van der Waals surface area contributed by atoms with Crippen molar-refractivity contribution in [3.8, 4) is 11.5 Å². The average Bonchev–Trinajstić information content (AvgIpc) is 2.91. The summed E-state index contributed by atoms with van der Waals surface area (Å²) in [5.74, 6) is 1.54. The van der Waals surface area contributed by atoms with Gasteiger partial charge in [-0.1, -0.05) is 13.0 Å². The molecule has 0 spiro atoms. The number of nitrogens with one attached hydrogen (secondary N) is 1. The molecule has 114 valence electrons. The van der Waals surface area contributed by atoms with E-state index in [1.54, 1.807) is 18.4 Å². The van der Waals surface area contributed by atoms with Gasteiger partial charge in [0.1, 0.15) is 6.61 Å². The maximum atomic E-state index is 5.83. The first-order valence-electron chi connectivity index (χ1n) is 7.14. The van der Waals surface area contributed by atoms with Crippen LogP contribution >= 0.6 is 11.3 Å². The first-order valence-corrected chi connectivity index (χ1v) is 7.96. The van der Waals surface area contributed by atoms with Crippen LogP contribution in [0.3, 0.4) is 0 Å². The number of benzene rings is 1. The molecule has 0 atom stereocenters. The van der Waals surface area contributed by atoms with Crippen LogP contribution in [0.25, 0.3) is 0 Å². The molecule has 4 nitrogen and oxygen atoms in total. The van der Waals surface area contributed by atoms with Crippen molar-refractivity contribution in [1.29, 1.82) is 0 Å². The quantitative estimate of drug-likeness (QED) is 0.758. The number of hydrogen-bond acceptors (Lipinski definition) is 5. The van der Waals surface area contributed by atoms with Crippen LogP contribution in [-0.4, -0.2) is 18.6 Å². The van der Waals surface area contributed by atoms with Crippen molar-refractivity contribution >= 4 is 11.3 Å². The van der Waals surface area contributed by atoms with Crippen LogP contribution in [0.1, 0.15) is 28.8 Å². The van der Waals surface area contributed by atoms with Gasteiger partial charge in [0, 0.05) is 12.7 Å². The van der Waals surface area contributed by atoms with Gasteiger partial charge in [0.05, 0.1) is 17.0 Å². The maximum absolute atomic E-state index is 5.83. The Morgan fingerprint density at radius 1 is 1.29 bits per heavy atom. The van der Waals surface area contributed by atoms with E-state index in [0.717, 1.165) is 40.9 Å². The van der Waals surface area contributed by atoms with Crippen molar-refractivity contribution in [1.82, 2.24) is 10.3 Å². The third-order valence-electron chi connectivity index (χ3n) is 3.02. The summed E-state index contributed by atoms with van der Waals surface area (Å²) in [6.07, 6.45) is 2.99. The van der Waals surface area contributed by atoms with E-state index in [1.807, 2.05) is 25.3 Å². The van der Waals surface area contributed by atoms with Gasteiger partial charge in [0.25, 0.3) is 0 Å². The van der Waals surface area contributed by atoms with Gasteiger partial charge in [0.2, 0.25) is 0 Å². The predicted molar refractivity (Wildman–Crippen MR) is 86.2 cm³/mol. The van der Waals surface area contributed by atoms with Gasteiger partial charge in [-0.05, 0) is 37.6 Å². The van der Waals surface area contributed by atoms with Gasteiger partial charge < -0.3 is 14.8 Å². The normalized spacial score (nSPS) is 10.6. The molecule has 0 radical (unpaired) electrons. The molecule has 0 aliphatic heterocycles. The number of rotatable bonds is 8. The predicted octanol–water partition coefficient (Wildman–Crippen LogP) is 3.54. The molecule has 0 fully saturated rings. The number of hydrogen-bond donors (Lipinski definition) is 1. The van der Waals surface area contributed by atoms with E-state index in [1.165, 1.54) is 5.56 Å². The summed E-state index contributed by atoms with van der Waals surface area (Å²) in [7, 11) is 1.67. The lowest BCUT2D eigenvalue weighted by molar-refractivity contribution is 0.287. The monoisotopic (exact) mass is 306 g/mol. The average molecular weight is 306 g/mol. The van der Waals surface area contributed by atoms with Crippen LogP contribution in [0, 0.1) is 6.92 Å². The fourth-order valence-corrected chi connectivity index (χ4v) is 2.68. The molecule has 0 aliphatic carbocycles. The molecule has 0 saturated heterocycles. The standard InChI is InChI=1S/C16H22N2O2S/c1-4-7-17-9-13-5-6-15(16(8-13)19-3)20-11-14-10-18-12(2)21-14/h5-6,8,10,17H,4,7,9,11H2,1-3H3. The van der Waals surface area contributed by atoms with Crippen molar-refractivity contribution < 1.29 is 9.47 Å². The second-order valence-electron chi connectivity index (χ2n) is 4.80. The lowest BCUT2D eigenvalue weighted by Crippen LogP contribution is -2.13. The summed E-state index contributed by atoms with van der Waals surface area (Å²) >= 11 is 1.65. The molecule has 2 rings (SSSR count). The summed E-state index contributed by atoms with van der Waals surface area (Å²) in [4.78, 5) is 5.34. The lowest BCUT2D eigenvalue weighted by Gasteiger charge is -2.12. The third kappa shape index (κ3) is 4.72. The summed E-state index contributed by atoms with van der Waals surface area (Å²) in [6, 6.07) is 6.06. The third-order valence-corrected chi connectivity index (χ3v) is 3.91. The van der Waals surface area contributed by atoms with Crippen LogP contribution in [0.2, 0.25) is 0 Å². The van der Waals surface area contributed by atoms with Crippen molar-refractivity contribution in [2.75, 3.05) is 13.7 Å². The number of aromatic nitrogens is 1.